The largest absolute Gasteiger partial charge is 0.497 e. The smallest absolute Gasteiger partial charge is 0.270 e. The van der Waals surface area contributed by atoms with Gasteiger partial charge in [0.1, 0.15) is 17.2 Å². The highest BCUT2D eigenvalue weighted by atomic mass is 16.5. The van der Waals surface area contributed by atoms with E-state index in [9.17, 15) is 9.59 Å². The third kappa shape index (κ3) is 4.76. The van der Waals surface area contributed by atoms with Crippen molar-refractivity contribution in [2.45, 2.75) is 26.2 Å². The van der Waals surface area contributed by atoms with E-state index < -0.39 is 0 Å². The first kappa shape index (κ1) is 21.0. The summed E-state index contributed by atoms with van der Waals surface area (Å²) >= 11 is 0. The molecule has 4 rings (SSSR count). The lowest BCUT2D eigenvalue weighted by Crippen LogP contribution is -2.43. The van der Waals surface area contributed by atoms with Gasteiger partial charge >= 0.3 is 0 Å². The number of nitrogens with zero attached hydrogens (tertiary/aromatic N) is 1. The number of hydrogen-bond donors (Lipinski definition) is 2. The van der Waals surface area contributed by atoms with Gasteiger partial charge < -0.3 is 24.4 Å². The Hall–Kier alpha value is -3.22. The number of hydrogen-bond acceptors (Lipinski definition) is 4. The molecule has 1 aromatic carbocycles. The van der Waals surface area contributed by atoms with Crippen LogP contribution in [0.3, 0.4) is 0 Å². The normalized spacial score (nSPS) is 15.7. The van der Waals surface area contributed by atoms with Gasteiger partial charge in [-0.3, -0.25) is 9.59 Å². The molecule has 0 saturated carbocycles. The van der Waals surface area contributed by atoms with E-state index in [0.29, 0.717) is 31.7 Å². The molecule has 3 aromatic rings. The summed E-state index contributed by atoms with van der Waals surface area (Å²) in [6.07, 6.45) is 3.98. The fraction of sp³-hybridized carbons (Fsp3) is 0.417. The van der Waals surface area contributed by atoms with Crippen LogP contribution in [-0.2, 0) is 11.2 Å². The molecular weight excluding hydrogens is 394 g/mol. The van der Waals surface area contributed by atoms with E-state index in [1.165, 1.54) is 0 Å². The summed E-state index contributed by atoms with van der Waals surface area (Å²) in [6, 6.07) is 11.4. The molecule has 164 valence electrons. The number of benzene rings is 1. The first-order chi connectivity index (χ1) is 15.0. The van der Waals surface area contributed by atoms with Gasteiger partial charge in [0.2, 0.25) is 5.91 Å². The van der Waals surface area contributed by atoms with Crippen LogP contribution in [0.4, 0.5) is 0 Å². The Bertz CT molecular complexity index is 1030. The number of furan rings is 1. The minimum atomic E-state index is -0.0746. The molecule has 0 radical (unpaired) electrons. The van der Waals surface area contributed by atoms with Crippen LogP contribution < -0.4 is 10.1 Å². The number of aromatic amines is 1. The Morgan fingerprint density at radius 1 is 1.26 bits per heavy atom. The van der Waals surface area contributed by atoms with E-state index >= 15 is 0 Å². The van der Waals surface area contributed by atoms with Crippen LogP contribution in [0.15, 0.2) is 47.1 Å². The van der Waals surface area contributed by atoms with Gasteiger partial charge in [-0.1, -0.05) is 6.92 Å². The Morgan fingerprint density at radius 3 is 2.77 bits per heavy atom. The van der Waals surface area contributed by atoms with Crippen molar-refractivity contribution in [3.05, 3.63) is 54.1 Å². The van der Waals surface area contributed by atoms with E-state index in [1.807, 2.05) is 48.2 Å². The average molecular weight is 424 g/mol. The number of piperidine rings is 1. The third-order valence-electron chi connectivity index (χ3n) is 6.26. The minimum Gasteiger partial charge on any atom is -0.497 e. The lowest BCUT2D eigenvalue weighted by molar-refractivity contribution is -0.126. The van der Waals surface area contributed by atoms with Crippen molar-refractivity contribution in [1.29, 1.82) is 0 Å². The molecule has 7 nitrogen and oxygen atoms in total. The average Bonchev–Trinajstić information content (AvgIpc) is 3.47. The van der Waals surface area contributed by atoms with E-state index in [-0.39, 0.29) is 23.7 Å². The van der Waals surface area contributed by atoms with Crippen LogP contribution in [0.25, 0.3) is 10.9 Å². The van der Waals surface area contributed by atoms with Gasteiger partial charge in [0, 0.05) is 48.9 Å². The van der Waals surface area contributed by atoms with Crippen molar-refractivity contribution in [3.8, 4) is 5.75 Å². The topological polar surface area (TPSA) is 87.6 Å². The van der Waals surface area contributed by atoms with Gasteiger partial charge in [-0.05, 0) is 49.1 Å². The fourth-order valence-electron chi connectivity index (χ4n) is 4.26. The Balaban J connectivity index is 1.28. The Morgan fingerprint density at radius 2 is 2.06 bits per heavy atom. The van der Waals surface area contributed by atoms with Gasteiger partial charge in [0.15, 0.2) is 0 Å². The molecule has 3 heterocycles. The second kappa shape index (κ2) is 9.29. The van der Waals surface area contributed by atoms with Crippen LogP contribution in [0, 0.1) is 11.8 Å². The molecule has 0 aliphatic carbocycles. The molecule has 2 amide bonds. The molecule has 1 atom stereocenters. The van der Waals surface area contributed by atoms with Crippen molar-refractivity contribution >= 4 is 22.7 Å². The molecule has 0 spiro atoms. The summed E-state index contributed by atoms with van der Waals surface area (Å²) in [7, 11) is 1.63. The molecule has 1 fully saturated rings. The van der Waals surface area contributed by atoms with Crippen molar-refractivity contribution in [2.75, 3.05) is 26.7 Å². The van der Waals surface area contributed by atoms with Crippen LogP contribution in [-0.4, -0.2) is 48.4 Å². The van der Waals surface area contributed by atoms with Gasteiger partial charge in [-0.15, -0.1) is 0 Å². The second-order valence-corrected chi connectivity index (χ2v) is 8.17. The summed E-state index contributed by atoms with van der Waals surface area (Å²) in [6.45, 7) is 3.87. The highest BCUT2D eigenvalue weighted by Crippen LogP contribution is 2.27. The van der Waals surface area contributed by atoms with Gasteiger partial charge in [0.25, 0.3) is 5.91 Å². The SMILES string of the molecule is COc1ccc2cc(C(=O)N3CCC([C@@H](C)C(=O)NCCc4ccco4)CC3)[nH]c2c1. The predicted octanol–water partition coefficient (Wildman–Crippen LogP) is 3.62. The second-order valence-electron chi connectivity index (χ2n) is 8.17. The Kier molecular flexibility index (Phi) is 6.30. The maximum absolute atomic E-state index is 13.0. The molecule has 2 aromatic heterocycles. The van der Waals surface area contributed by atoms with Gasteiger partial charge in [-0.2, -0.15) is 0 Å². The van der Waals surface area contributed by atoms with Crippen molar-refractivity contribution < 1.29 is 18.7 Å². The number of rotatable bonds is 7. The highest BCUT2D eigenvalue weighted by Gasteiger charge is 2.30. The summed E-state index contributed by atoms with van der Waals surface area (Å²) in [5.41, 5.74) is 1.47. The van der Waals surface area contributed by atoms with Crippen molar-refractivity contribution in [3.63, 3.8) is 0 Å². The van der Waals surface area contributed by atoms with E-state index in [4.69, 9.17) is 9.15 Å². The molecule has 1 saturated heterocycles. The van der Waals surface area contributed by atoms with E-state index in [0.717, 1.165) is 35.3 Å². The van der Waals surface area contributed by atoms with Crippen LogP contribution >= 0.6 is 0 Å². The number of carbonyl (C=O) groups is 2. The first-order valence-electron chi connectivity index (χ1n) is 10.8. The zero-order valence-corrected chi connectivity index (χ0v) is 18.0. The number of amides is 2. The standard InChI is InChI=1S/C24H29N3O4/c1-16(23(28)25-10-7-19-4-3-13-31-19)17-8-11-27(12-9-17)24(29)22-14-18-5-6-20(30-2)15-21(18)26-22/h3-6,13-17,26H,7-12H2,1-2H3,(H,25,28)/t16-/m1/s1. The molecule has 0 unspecified atom stereocenters. The predicted molar refractivity (Wildman–Crippen MR) is 118 cm³/mol. The summed E-state index contributed by atoms with van der Waals surface area (Å²) in [5.74, 6) is 1.90. The third-order valence-corrected chi connectivity index (χ3v) is 6.26. The fourth-order valence-corrected chi connectivity index (χ4v) is 4.26. The van der Waals surface area contributed by atoms with Crippen LogP contribution in [0.2, 0.25) is 0 Å². The number of methoxy groups -OCH3 is 1. The maximum atomic E-state index is 13.0. The number of ether oxygens (including phenoxy) is 1. The quantitative estimate of drug-likeness (QED) is 0.608. The van der Waals surface area contributed by atoms with E-state index in [2.05, 4.69) is 10.3 Å². The summed E-state index contributed by atoms with van der Waals surface area (Å²) in [5, 5.41) is 3.99. The van der Waals surface area contributed by atoms with Crippen molar-refractivity contribution in [1.82, 2.24) is 15.2 Å². The minimum absolute atomic E-state index is 0.00386. The zero-order chi connectivity index (χ0) is 21.8. The number of aromatic nitrogens is 1. The summed E-state index contributed by atoms with van der Waals surface area (Å²) < 4.78 is 10.5. The van der Waals surface area contributed by atoms with E-state index in [1.54, 1.807) is 13.4 Å². The molecule has 31 heavy (non-hydrogen) atoms. The van der Waals surface area contributed by atoms with Crippen LogP contribution in [0.1, 0.15) is 36.0 Å². The molecule has 1 aliphatic rings. The Labute approximate surface area is 181 Å². The molecule has 7 heteroatoms. The number of likely N-dealkylation sites (tertiary alicyclic amines) is 1. The number of fused-ring (bicyclic) bond motifs is 1. The van der Waals surface area contributed by atoms with Crippen LogP contribution in [0.5, 0.6) is 5.75 Å². The monoisotopic (exact) mass is 423 g/mol. The first-order valence-corrected chi connectivity index (χ1v) is 10.8. The number of carbonyl (C=O) groups excluding carboxylic acids is 2. The molecule has 0 bridgehead atoms. The number of nitrogens with one attached hydrogen (secondary N) is 2. The van der Waals surface area contributed by atoms with Gasteiger partial charge in [-0.25, -0.2) is 0 Å². The zero-order valence-electron chi connectivity index (χ0n) is 18.0. The number of H-pyrrole nitrogens is 1. The maximum Gasteiger partial charge on any atom is 0.270 e. The van der Waals surface area contributed by atoms with Crippen molar-refractivity contribution in [2.24, 2.45) is 11.8 Å². The lowest BCUT2D eigenvalue weighted by Gasteiger charge is -2.34. The summed E-state index contributed by atoms with van der Waals surface area (Å²) in [4.78, 5) is 30.6. The van der Waals surface area contributed by atoms with Gasteiger partial charge in [0.05, 0.1) is 13.4 Å². The molecule has 2 N–H and O–H groups in total. The highest BCUT2D eigenvalue weighted by molar-refractivity contribution is 5.98. The molecular formula is C24H29N3O4. The lowest BCUT2D eigenvalue weighted by atomic mass is 9.84. The molecule has 1 aliphatic heterocycles.